The average Bonchev–Trinajstić information content (AvgIpc) is 3.11. The minimum absolute atomic E-state index is 0.281. The predicted molar refractivity (Wildman–Crippen MR) is 79.8 cm³/mol. The average molecular weight is 305 g/mol. The van der Waals surface area contributed by atoms with E-state index in [-0.39, 0.29) is 6.54 Å². The Morgan fingerprint density at radius 3 is 2.90 bits per heavy atom. The van der Waals surface area contributed by atoms with Gasteiger partial charge in [0.2, 0.25) is 0 Å². The third kappa shape index (κ3) is 2.87. The van der Waals surface area contributed by atoms with Gasteiger partial charge in [-0.15, -0.1) is 11.3 Å². The van der Waals surface area contributed by atoms with Crippen molar-refractivity contribution < 1.29 is 4.92 Å². The lowest BCUT2D eigenvalue weighted by molar-refractivity contribution is -0.386. The van der Waals surface area contributed by atoms with Gasteiger partial charge in [-0.25, -0.2) is 4.98 Å². The molecular weight excluding hydrogens is 290 g/mol. The van der Waals surface area contributed by atoms with E-state index in [0.29, 0.717) is 5.92 Å². The van der Waals surface area contributed by atoms with Gasteiger partial charge in [0, 0.05) is 23.6 Å². The molecule has 0 aromatic carbocycles. The van der Waals surface area contributed by atoms with Crippen LogP contribution < -0.4 is 5.56 Å². The van der Waals surface area contributed by atoms with Crippen molar-refractivity contribution in [3.8, 4) is 0 Å². The second kappa shape index (κ2) is 5.77. The first kappa shape index (κ1) is 13.9. The van der Waals surface area contributed by atoms with Gasteiger partial charge < -0.3 is 4.57 Å². The van der Waals surface area contributed by atoms with E-state index in [9.17, 15) is 14.9 Å². The van der Waals surface area contributed by atoms with Crippen LogP contribution in [0.25, 0.3) is 0 Å². The molecular formula is C14H15N3O3S. The van der Waals surface area contributed by atoms with E-state index in [2.05, 4.69) is 4.98 Å². The Bertz CT molecular complexity index is 716. The van der Waals surface area contributed by atoms with Gasteiger partial charge in [-0.2, -0.15) is 0 Å². The number of hydrogen-bond donors (Lipinski definition) is 0. The van der Waals surface area contributed by atoms with Crippen molar-refractivity contribution in [2.45, 2.75) is 38.1 Å². The first-order valence-corrected chi connectivity index (χ1v) is 7.81. The Kier molecular flexibility index (Phi) is 3.83. The zero-order valence-electron chi connectivity index (χ0n) is 11.4. The van der Waals surface area contributed by atoms with Crippen molar-refractivity contribution in [3.05, 3.63) is 54.9 Å². The molecule has 1 saturated carbocycles. The quantitative estimate of drug-likeness (QED) is 0.642. The van der Waals surface area contributed by atoms with E-state index in [1.165, 1.54) is 42.4 Å². The maximum atomic E-state index is 12.0. The lowest BCUT2D eigenvalue weighted by atomic mass is 10.1. The highest BCUT2D eigenvalue weighted by Crippen LogP contribution is 2.35. The first-order chi connectivity index (χ1) is 10.1. The van der Waals surface area contributed by atoms with Crippen molar-refractivity contribution >= 4 is 17.0 Å². The van der Waals surface area contributed by atoms with E-state index in [1.807, 2.05) is 5.38 Å². The highest BCUT2D eigenvalue weighted by atomic mass is 32.1. The molecule has 1 aliphatic carbocycles. The zero-order valence-corrected chi connectivity index (χ0v) is 12.2. The van der Waals surface area contributed by atoms with Crippen LogP contribution in [-0.2, 0) is 6.54 Å². The van der Waals surface area contributed by atoms with Gasteiger partial charge in [-0.3, -0.25) is 14.9 Å². The topological polar surface area (TPSA) is 78.0 Å². The molecule has 0 atom stereocenters. The summed E-state index contributed by atoms with van der Waals surface area (Å²) in [4.78, 5) is 26.7. The van der Waals surface area contributed by atoms with Crippen LogP contribution in [0.3, 0.4) is 0 Å². The lowest BCUT2D eigenvalue weighted by Gasteiger charge is -2.04. The Hall–Kier alpha value is -2.02. The minimum atomic E-state index is -0.649. The van der Waals surface area contributed by atoms with Crippen LogP contribution in [0.15, 0.2) is 28.5 Å². The highest BCUT2D eigenvalue weighted by molar-refractivity contribution is 7.09. The summed E-state index contributed by atoms with van der Waals surface area (Å²) in [5, 5.41) is 13.9. The van der Waals surface area contributed by atoms with Crippen LogP contribution in [0.2, 0.25) is 0 Å². The molecule has 7 heteroatoms. The predicted octanol–water partition coefficient (Wildman–Crippen LogP) is 2.92. The number of pyridine rings is 1. The molecule has 6 nitrogen and oxygen atoms in total. The van der Waals surface area contributed by atoms with Crippen LogP contribution in [0, 0.1) is 10.1 Å². The number of hydrogen-bond acceptors (Lipinski definition) is 5. The minimum Gasteiger partial charge on any atom is -0.304 e. The molecule has 0 unspecified atom stereocenters. The fourth-order valence-electron chi connectivity index (χ4n) is 2.72. The molecule has 2 heterocycles. The summed E-state index contributed by atoms with van der Waals surface area (Å²) >= 11 is 1.62. The number of nitrogens with zero attached hydrogens (tertiary/aromatic N) is 3. The summed E-state index contributed by atoms with van der Waals surface area (Å²) in [5.41, 5.74) is -0.189. The summed E-state index contributed by atoms with van der Waals surface area (Å²) in [5.74, 6) is 0.547. The second-order valence-electron chi connectivity index (χ2n) is 5.24. The van der Waals surface area contributed by atoms with Gasteiger partial charge in [-0.05, 0) is 18.9 Å². The molecule has 0 amide bonds. The monoisotopic (exact) mass is 305 g/mol. The van der Waals surface area contributed by atoms with Gasteiger partial charge in [0.15, 0.2) is 0 Å². The number of thiazole rings is 1. The van der Waals surface area contributed by atoms with E-state index in [0.717, 1.165) is 10.7 Å². The molecule has 110 valence electrons. The lowest BCUT2D eigenvalue weighted by Crippen LogP contribution is -2.22. The fourth-order valence-corrected chi connectivity index (χ4v) is 3.70. The molecule has 1 fully saturated rings. The molecule has 0 aliphatic heterocycles. The first-order valence-electron chi connectivity index (χ1n) is 6.93. The molecule has 2 aromatic rings. The van der Waals surface area contributed by atoms with Gasteiger partial charge >= 0.3 is 11.2 Å². The molecule has 21 heavy (non-hydrogen) atoms. The Labute approximate surface area is 125 Å². The van der Waals surface area contributed by atoms with Crippen LogP contribution in [-0.4, -0.2) is 14.5 Å². The summed E-state index contributed by atoms with van der Waals surface area (Å²) in [6.45, 7) is 0.281. The summed E-state index contributed by atoms with van der Waals surface area (Å²) in [7, 11) is 0. The molecule has 0 radical (unpaired) electrons. The fraction of sp³-hybridized carbons (Fsp3) is 0.429. The third-order valence-corrected chi connectivity index (χ3v) is 4.86. The van der Waals surface area contributed by atoms with Crippen LogP contribution in [0.4, 0.5) is 5.69 Å². The molecule has 0 N–H and O–H groups in total. The van der Waals surface area contributed by atoms with Crippen molar-refractivity contribution in [1.29, 1.82) is 0 Å². The Balaban J connectivity index is 1.82. The van der Waals surface area contributed by atoms with Crippen LogP contribution >= 0.6 is 11.3 Å². The maximum absolute atomic E-state index is 12.0. The van der Waals surface area contributed by atoms with Gasteiger partial charge in [-0.1, -0.05) is 12.8 Å². The summed E-state index contributed by atoms with van der Waals surface area (Å²) < 4.78 is 1.34. The third-order valence-electron chi connectivity index (χ3n) is 3.80. The van der Waals surface area contributed by atoms with Crippen molar-refractivity contribution in [2.75, 3.05) is 0 Å². The van der Waals surface area contributed by atoms with Crippen molar-refractivity contribution in [3.63, 3.8) is 0 Å². The summed E-state index contributed by atoms with van der Waals surface area (Å²) in [6.07, 6.45) is 6.44. The zero-order chi connectivity index (χ0) is 14.8. The molecule has 3 rings (SSSR count). The highest BCUT2D eigenvalue weighted by Gasteiger charge is 2.20. The number of aromatic nitrogens is 2. The van der Waals surface area contributed by atoms with E-state index in [1.54, 1.807) is 17.5 Å². The number of rotatable bonds is 4. The van der Waals surface area contributed by atoms with E-state index < -0.39 is 16.2 Å². The standard InChI is InChI=1S/C14H15N3O3S/c18-14-12(17(19)20)6-3-7-16(14)8-11-9-21-13(15-11)10-4-1-2-5-10/h3,6-7,9-10H,1-2,4-5,8H2. The second-order valence-corrected chi connectivity index (χ2v) is 6.13. The van der Waals surface area contributed by atoms with Crippen LogP contribution in [0.5, 0.6) is 0 Å². The van der Waals surface area contributed by atoms with Gasteiger partial charge in [0.1, 0.15) is 0 Å². The number of nitro groups is 1. The van der Waals surface area contributed by atoms with Crippen molar-refractivity contribution in [2.24, 2.45) is 0 Å². The maximum Gasteiger partial charge on any atom is 0.334 e. The summed E-state index contributed by atoms with van der Waals surface area (Å²) in [6, 6.07) is 2.74. The Morgan fingerprint density at radius 2 is 2.19 bits per heavy atom. The molecule has 2 aromatic heterocycles. The largest absolute Gasteiger partial charge is 0.334 e. The molecule has 1 aliphatic rings. The molecule has 0 saturated heterocycles. The Morgan fingerprint density at radius 1 is 1.43 bits per heavy atom. The van der Waals surface area contributed by atoms with E-state index >= 15 is 0 Å². The SMILES string of the molecule is O=c1c([N+](=O)[O-])cccn1Cc1csc(C2CCCC2)n1. The van der Waals surface area contributed by atoms with Gasteiger partial charge in [0.25, 0.3) is 0 Å². The van der Waals surface area contributed by atoms with Gasteiger partial charge in [0.05, 0.1) is 22.2 Å². The van der Waals surface area contributed by atoms with Crippen molar-refractivity contribution in [1.82, 2.24) is 9.55 Å². The molecule has 0 bridgehead atoms. The van der Waals surface area contributed by atoms with E-state index in [4.69, 9.17) is 0 Å². The molecule has 0 spiro atoms. The van der Waals surface area contributed by atoms with Crippen LogP contribution in [0.1, 0.15) is 42.3 Å². The smallest absolute Gasteiger partial charge is 0.304 e. The normalized spacial score (nSPS) is 15.4.